The molecule has 0 aromatic rings. The van der Waals surface area contributed by atoms with Crippen molar-refractivity contribution in [3.8, 4) is 0 Å². The quantitative estimate of drug-likeness (QED) is 0.703. The minimum Gasteiger partial charge on any atom is -0.330 e. The molecule has 0 unspecified atom stereocenters. The number of nitrogens with zero attached hydrogens (tertiary/aromatic N) is 1. The summed E-state index contributed by atoms with van der Waals surface area (Å²) in [5.41, 5.74) is 5.66. The van der Waals surface area contributed by atoms with Crippen LogP contribution in [0.1, 0.15) is 38.5 Å². The Kier molecular flexibility index (Phi) is 3.23. The molecule has 2 aliphatic heterocycles. The molecular formula is C11H22N2. The first-order chi connectivity index (χ1) is 6.42. The molecule has 2 atom stereocenters. The van der Waals surface area contributed by atoms with Gasteiger partial charge in [0.2, 0.25) is 0 Å². The number of hydrogen-bond acceptors (Lipinski definition) is 2. The summed E-state index contributed by atoms with van der Waals surface area (Å²) in [6.45, 7) is 3.59. The van der Waals surface area contributed by atoms with E-state index in [1.54, 1.807) is 0 Å². The van der Waals surface area contributed by atoms with Gasteiger partial charge >= 0.3 is 0 Å². The van der Waals surface area contributed by atoms with Gasteiger partial charge in [-0.2, -0.15) is 0 Å². The highest BCUT2D eigenvalue weighted by molar-refractivity contribution is 4.86. The van der Waals surface area contributed by atoms with Gasteiger partial charge in [-0.3, -0.25) is 0 Å². The summed E-state index contributed by atoms with van der Waals surface area (Å²) >= 11 is 0. The molecule has 2 N–H and O–H groups in total. The predicted octanol–water partition coefficient (Wildman–Crippen LogP) is 1.60. The van der Waals surface area contributed by atoms with E-state index in [4.69, 9.17) is 5.73 Å². The van der Waals surface area contributed by atoms with Crippen molar-refractivity contribution in [1.82, 2.24) is 4.90 Å². The Morgan fingerprint density at radius 3 is 2.77 bits per heavy atom. The number of hydrogen-bond donors (Lipinski definition) is 1. The maximum Gasteiger partial charge on any atom is 0.0124 e. The van der Waals surface area contributed by atoms with Crippen LogP contribution in [0.3, 0.4) is 0 Å². The third kappa shape index (κ3) is 2.05. The normalized spacial score (nSPS) is 35.8. The monoisotopic (exact) mass is 182 g/mol. The summed E-state index contributed by atoms with van der Waals surface area (Å²) in [6, 6.07) is 0.894. The van der Waals surface area contributed by atoms with E-state index in [0.717, 1.165) is 18.5 Å². The molecule has 0 aromatic heterocycles. The van der Waals surface area contributed by atoms with Gasteiger partial charge in [-0.15, -0.1) is 0 Å². The summed E-state index contributed by atoms with van der Waals surface area (Å²) in [4.78, 5) is 2.72. The first-order valence-electron chi connectivity index (χ1n) is 5.86. The van der Waals surface area contributed by atoms with Gasteiger partial charge in [-0.05, 0) is 57.7 Å². The van der Waals surface area contributed by atoms with Crippen molar-refractivity contribution in [3.05, 3.63) is 0 Å². The fourth-order valence-electron chi connectivity index (χ4n) is 3.13. The van der Waals surface area contributed by atoms with E-state index in [9.17, 15) is 0 Å². The predicted molar refractivity (Wildman–Crippen MR) is 55.6 cm³/mol. The summed E-state index contributed by atoms with van der Waals surface area (Å²) < 4.78 is 0. The van der Waals surface area contributed by atoms with Gasteiger partial charge in [-0.1, -0.05) is 6.42 Å². The molecule has 13 heavy (non-hydrogen) atoms. The van der Waals surface area contributed by atoms with Crippen LogP contribution in [0.5, 0.6) is 0 Å². The maximum atomic E-state index is 5.66. The zero-order chi connectivity index (χ0) is 9.10. The van der Waals surface area contributed by atoms with E-state index in [1.807, 2.05) is 0 Å². The van der Waals surface area contributed by atoms with Gasteiger partial charge < -0.3 is 10.6 Å². The van der Waals surface area contributed by atoms with Crippen LogP contribution in [0.2, 0.25) is 0 Å². The Labute approximate surface area is 81.5 Å². The largest absolute Gasteiger partial charge is 0.330 e. The van der Waals surface area contributed by atoms with E-state index in [1.165, 1.54) is 51.6 Å². The fourth-order valence-corrected chi connectivity index (χ4v) is 3.13. The highest BCUT2D eigenvalue weighted by atomic mass is 15.2. The van der Waals surface area contributed by atoms with Crippen molar-refractivity contribution in [2.45, 2.75) is 44.6 Å². The lowest BCUT2D eigenvalue weighted by Crippen LogP contribution is -2.48. The van der Waals surface area contributed by atoms with Crippen LogP contribution in [-0.4, -0.2) is 30.6 Å². The van der Waals surface area contributed by atoms with Crippen LogP contribution < -0.4 is 5.73 Å². The molecule has 2 nitrogen and oxygen atoms in total. The van der Waals surface area contributed by atoms with E-state index in [2.05, 4.69) is 4.90 Å². The van der Waals surface area contributed by atoms with E-state index in [0.29, 0.717) is 0 Å². The van der Waals surface area contributed by atoms with Gasteiger partial charge in [0.1, 0.15) is 0 Å². The Hall–Kier alpha value is -0.0800. The van der Waals surface area contributed by atoms with Crippen molar-refractivity contribution in [2.24, 2.45) is 11.7 Å². The lowest BCUT2D eigenvalue weighted by Gasteiger charge is -2.44. The standard InChI is InChI=1S/C11H22N2/c12-7-6-10-4-3-9-13-8-2-1-5-11(10)13/h10-11H,1-9,12H2/t10-,11-/m1/s1. The summed E-state index contributed by atoms with van der Waals surface area (Å²) in [5.74, 6) is 0.916. The molecule has 0 aromatic carbocycles. The number of fused-ring (bicyclic) bond motifs is 1. The zero-order valence-electron chi connectivity index (χ0n) is 8.54. The second kappa shape index (κ2) is 4.43. The van der Waals surface area contributed by atoms with Crippen LogP contribution in [0.4, 0.5) is 0 Å². The molecule has 2 saturated heterocycles. The lowest BCUT2D eigenvalue weighted by molar-refractivity contribution is 0.0569. The summed E-state index contributed by atoms with van der Waals surface area (Å²) in [7, 11) is 0. The molecule has 0 bridgehead atoms. The Morgan fingerprint density at radius 2 is 1.92 bits per heavy atom. The smallest absolute Gasteiger partial charge is 0.0124 e. The van der Waals surface area contributed by atoms with E-state index < -0.39 is 0 Å². The van der Waals surface area contributed by atoms with E-state index >= 15 is 0 Å². The molecular weight excluding hydrogens is 160 g/mol. The first kappa shape index (κ1) is 9.47. The maximum absolute atomic E-state index is 5.66. The third-order valence-corrected chi connectivity index (χ3v) is 3.77. The molecule has 0 aliphatic carbocycles. The highest BCUT2D eigenvalue weighted by Crippen LogP contribution is 2.32. The molecule has 2 rings (SSSR count). The van der Waals surface area contributed by atoms with Crippen LogP contribution in [0.25, 0.3) is 0 Å². The second-order valence-corrected chi connectivity index (χ2v) is 4.58. The average Bonchev–Trinajstić information content (AvgIpc) is 2.19. The van der Waals surface area contributed by atoms with Crippen molar-refractivity contribution < 1.29 is 0 Å². The molecule has 2 aliphatic rings. The lowest BCUT2D eigenvalue weighted by atomic mass is 9.82. The topological polar surface area (TPSA) is 29.3 Å². The minimum atomic E-state index is 0.884. The molecule has 0 amide bonds. The zero-order valence-corrected chi connectivity index (χ0v) is 8.54. The van der Waals surface area contributed by atoms with Crippen molar-refractivity contribution in [3.63, 3.8) is 0 Å². The molecule has 0 saturated carbocycles. The first-order valence-corrected chi connectivity index (χ1v) is 5.86. The van der Waals surface area contributed by atoms with Crippen LogP contribution in [0.15, 0.2) is 0 Å². The molecule has 76 valence electrons. The molecule has 0 spiro atoms. The number of rotatable bonds is 2. The molecule has 2 heterocycles. The van der Waals surface area contributed by atoms with Crippen molar-refractivity contribution in [2.75, 3.05) is 19.6 Å². The Balaban J connectivity index is 1.94. The molecule has 0 radical (unpaired) electrons. The minimum absolute atomic E-state index is 0.884. The van der Waals surface area contributed by atoms with Gasteiger partial charge in [0, 0.05) is 6.04 Å². The summed E-state index contributed by atoms with van der Waals surface area (Å²) in [6.07, 6.45) is 8.39. The van der Waals surface area contributed by atoms with Gasteiger partial charge in [0.25, 0.3) is 0 Å². The second-order valence-electron chi connectivity index (χ2n) is 4.58. The Morgan fingerprint density at radius 1 is 1.08 bits per heavy atom. The van der Waals surface area contributed by atoms with Crippen LogP contribution >= 0.6 is 0 Å². The SMILES string of the molecule is NCC[C@H]1CCCN2CCCC[C@H]12. The van der Waals surface area contributed by atoms with Crippen molar-refractivity contribution >= 4 is 0 Å². The van der Waals surface area contributed by atoms with E-state index in [-0.39, 0.29) is 0 Å². The average molecular weight is 182 g/mol. The Bertz CT molecular complexity index is 154. The molecule has 2 fully saturated rings. The summed E-state index contributed by atoms with van der Waals surface area (Å²) in [5, 5.41) is 0. The van der Waals surface area contributed by atoms with Crippen LogP contribution in [-0.2, 0) is 0 Å². The third-order valence-electron chi connectivity index (χ3n) is 3.77. The molecule has 2 heteroatoms. The number of nitrogens with two attached hydrogens (primary N) is 1. The van der Waals surface area contributed by atoms with Crippen molar-refractivity contribution in [1.29, 1.82) is 0 Å². The van der Waals surface area contributed by atoms with Gasteiger partial charge in [-0.25, -0.2) is 0 Å². The fraction of sp³-hybridized carbons (Fsp3) is 1.00. The van der Waals surface area contributed by atoms with Gasteiger partial charge in [0.15, 0.2) is 0 Å². The highest BCUT2D eigenvalue weighted by Gasteiger charge is 2.31. The van der Waals surface area contributed by atoms with Gasteiger partial charge in [0.05, 0.1) is 0 Å². The van der Waals surface area contributed by atoms with Crippen LogP contribution in [0, 0.1) is 5.92 Å². The number of piperidine rings is 2.